The second-order valence-electron chi connectivity index (χ2n) is 4.18. The van der Waals surface area contributed by atoms with Crippen LogP contribution in [0, 0.1) is 0 Å². The van der Waals surface area contributed by atoms with Crippen molar-refractivity contribution < 1.29 is 0 Å². The maximum absolute atomic E-state index is 3.52. The van der Waals surface area contributed by atoms with Crippen molar-refractivity contribution >= 4 is 17.4 Å². The minimum atomic E-state index is 0.806. The van der Waals surface area contributed by atoms with Gasteiger partial charge in [-0.15, -0.1) is 11.8 Å². The lowest BCUT2D eigenvalue weighted by molar-refractivity contribution is 0.586. The summed E-state index contributed by atoms with van der Waals surface area (Å²) in [6.07, 6.45) is 6.23. The molecule has 1 aromatic rings. The first-order valence-corrected chi connectivity index (χ1v) is 6.56. The maximum atomic E-state index is 3.52. The summed E-state index contributed by atoms with van der Waals surface area (Å²) in [7, 11) is 0. The Bertz CT molecular complexity index is 373. The average Bonchev–Trinajstić information content (AvgIpc) is 2.65. The minimum Gasteiger partial charge on any atom is -0.384 e. The third kappa shape index (κ3) is 1.10. The Morgan fingerprint density at radius 2 is 2.36 bits per heavy atom. The van der Waals surface area contributed by atoms with Crippen LogP contribution in [-0.2, 0) is 6.42 Å². The van der Waals surface area contributed by atoms with Gasteiger partial charge in [0.1, 0.15) is 0 Å². The molecule has 0 fully saturated rings. The van der Waals surface area contributed by atoms with Crippen LogP contribution in [0.4, 0.5) is 5.69 Å². The van der Waals surface area contributed by atoms with Gasteiger partial charge in [-0.1, -0.05) is 0 Å². The molecule has 1 heterocycles. The lowest BCUT2D eigenvalue weighted by Crippen LogP contribution is -2.09. The van der Waals surface area contributed by atoms with Gasteiger partial charge in [0, 0.05) is 23.0 Å². The Morgan fingerprint density at radius 3 is 3.21 bits per heavy atom. The van der Waals surface area contributed by atoms with E-state index in [1.54, 1.807) is 11.1 Å². The summed E-state index contributed by atoms with van der Waals surface area (Å²) in [4.78, 5) is 1.50. The van der Waals surface area contributed by atoms with E-state index in [0.717, 1.165) is 5.92 Å². The number of thioether (sulfide) groups is 1. The summed E-state index contributed by atoms with van der Waals surface area (Å²) in [5.74, 6) is 0.806. The quantitative estimate of drug-likeness (QED) is 0.706. The summed E-state index contributed by atoms with van der Waals surface area (Å²) >= 11 is 1.89. The summed E-state index contributed by atoms with van der Waals surface area (Å²) in [5, 5.41) is 3.52. The molecule has 0 amide bonds. The number of hydrogen-bond acceptors (Lipinski definition) is 2. The summed E-state index contributed by atoms with van der Waals surface area (Å²) in [6, 6.07) is 4.54. The Hall–Kier alpha value is -0.630. The molecule has 1 atom stereocenters. The van der Waals surface area contributed by atoms with Gasteiger partial charge in [-0.05, 0) is 48.8 Å². The van der Waals surface area contributed by atoms with Crippen LogP contribution in [0.3, 0.4) is 0 Å². The Morgan fingerprint density at radius 1 is 1.43 bits per heavy atom. The topological polar surface area (TPSA) is 12.0 Å². The zero-order valence-corrected chi connectivity index (χ0v) is 9.29. The first-order valence-electron chi connectivity index (χ1n) is 5.34. The molecule has 1 unspecified atom stereocenters. The average molecular weight is 205 g/mol. The fourth-order valence-corrected chi connectivity index (χ4v) is 3.48. The van der Waals surface area contributed by atoms with Crippen molar-refractivity contribution in [1.29, 1.82) is 0 Å². The van der Waals surface area contributed by atoms with Crippen LogP contribution in [0.1, 0.15) is 29.9 Å². The monoisotopic (exact) mass is 205 g/mol. The fraction of sp³-hybridized carbons (Fsp3) is 0.500. The Kier molecular flexibility index (Phi) is 1.98. The number of rotatable bonds is 1. The van der Waals surface area contributed by atoms with Gasteiger partial charge in [-0.3, -0.25) is 0 Å². The SMILES string of the molecule is CSc1ccc2c3c1CCCC3CN2. The second-order valence-corrected chi connectivity index (χ2v) is 5.03. The van der Waals surface area contributed by atoms with Crippen molar-refractivity contribution in [3.8, 4) is 0 Å². The van der Waals surface area contributed by atoms with E-state index in [1.807, 2.05) is 11.8 Å². The maximum Gasteiger partial charge on any atom is 0.0380 e. The van der Waals surface area contributed by atoms with E-state index >= 15 is 0 Å². The van der Waals surface area contributed by atoms with Crippen molar-refractivity contribution in [1.82, 2.24) is 0 Å². The highest BCUT2D eigenvalue weighted by Crippen LogP contribution is 2.44. The third-order valence-corrected chi connectivity index (χ3v) is 4.28. The van der Waals surface area contributed by atoms with Gasteiger partial charge in [0.05, 0.1) is 0 Å². The van der Waals surface area contributed by atoms with Crippen LogP contribution in [0.15, 0.2) is 17.0 Å². The molecule has 1 aliphatic heterocycles. The van der Waals surface area contributed by atoms with Gasteiger partial charge >= 0.3 is 0 Å². The molecule has 2 heteroatoms. The first kappa shape index (κ1) is 8.66. The van der Waals surface area contributed by atoms with Crippen molar-refractivity contribution in [2.45, 2.75) is 30.1 Å². The largest absolute Gasteiger partial charge is 0.384 e. The van der Waals surface area contributed by atoms with E-state index in [-0.39, 0.29) is 0 Å². The molecular formula is C12H15NS. The lowest BCUT2D eigenvalue weighted by Gasteiger charge is -2.22. The van der Waals surface area contributed by atoms with Crippen LogP contribution < -0.4 is 5.32 Å². The molecule has 1 aliphatic carbocycles. The van der Waals surface area contributed by atoms with Crippen molar-refractivity contribution in [2.24, 2.45) is 0 Å². The van der Waals surface area contributed by atoms with E-state index in [0.29, 0.717) is 0 Å². The van der Waals surface area contributed by atoms with E-state index in [2.05, 4.69) is 23.7 Å². The Balaban J connectivity index is 2.20. The lowest BCUT2D eigenvalue weighted by atomic mass is 9.84. The first-order chi connectivity index (χ1) is 6.90. The molecule has 0 saturated carbocycles. The highest BCUT2D eigenvalue weighted by atomic mass is 32.2. The Labute approximate surface area is 89.3 Å². The molecule has 1 aromatic carbocycles. The molecule has 0 radical (unpaired) electrons. The van der Waals surface area contributed by atoms with Gasteiger partial charge in [-0.2, -0.15) is 0 Å². The molecule has 0 saturated heterocycles. The molecule has 3 rings (SSSR count). The van der Waals surface area contributed by atoms with Crippen LogP contribution in [0.25, 0.3) is 0 Å². The highest BCUT2D eigenvalue weighted by molar-refractivity contribution is 7.98. The predicted octanol–water partition coefficient (Wildman–Crippen LogP) is 3.25. The minimum absolute atomic E-state index is 0.806. The van der Waals surface area contributed by atoms with Crippen molar-refractivity contribution in [3.05, 3.63) is 23.3 Å². The van der Waals surface area contributed by atoms with Crippen LogP contribution >= 0.6 is 11.8 Å². The summed E-state index contributed by atoms with van der Waals surface area (Å²) in [6.45, 7) is 1.17. The standard InChI is InChI=1S/C12H15NS/c1-14-11-6-5-10-12-8(7-13-10)3-2-4-9(11)12/h5-6,8,13H,2-4,7H2,1H3. The predicted molar refractivity (Wildman–Crippen MR) is 62.4 cm³/mol. The molecule has 0 bridgehead atoms. The summed E-state index contributed by atoms with van der Waals surface area (Å²) in [5.41, 5.74) is 4.68. The third-order valence-electron chi connectivity index (χ3n) is 3.46. The number of hydrogen-bond donors (Lipinski definition) is 1. The molecule has 0 spiro atoms. The molecule has 2 aliphatic rings. The van der Waals surface area contributed by atoms with Crippen LogP contribution in [-0.4, -0.2) is 12.8 Å². The molecule has 1 nitrogen and oxygen atoms in total. The smallest absolute Gasteiger partial charge is 0.0380 e. The zero-order valence-electron chi connectivity index (χ0n) is 8.47. The molecule has 0 aromatic heterocycles. The van der Waals surface area contributed by atoms with E-state index < -0.39 is 0 Å². The van der Waals surface area contributed by atoms with Crippen LogP contribution in [0.2, 0.25) is 0 Å². The van der Waals surface area contributed by atoms with Gasteiger partial charge in [0.2, 0.25) is 0 Å². The fourth-order valence-electron chi connectivity index (χ4n) is 2.82. The van der Waals surface area contributed by atoms with Gasteiger partial charge in [-0.25, -0.2) is 0 Å². The van der Waals surface area contributed by atoms with Crippen molar-refractivity contribution in [2.75, 3.05) is 18.1 Å². The molecule has 14 heavy (non-hydrogen) atoms. The molecule has 1 N–H and O–H groups in total. The van der Waals surface area contributed by atoms with Crippen molar-refractivity contribution in [3.63, 3.8) is 0 Å². The normalized spacial score (nSPS) is 23.1. The van der Waals surface area contributed by atoms with E-state index in [4.69, 9.17) is 0 Å². The molecular weight excluding hydrogens is 190 g/mol. The second kappa shape index (κ2) is 3.20. The van der Waals surface area contributed by atoms with E-state index in [9.17, 15) is 0 Å². The highest BCUT2D eigenvalue weighted by Gasteiger charge is 2.29. The number of anilines is 1. The zero-order chi connectivity index (χ0) is 9.54. The van der Waals surface area contributed by atoms with E-state index in [1.165, 1.54) is 36.4 Å². The van der Waals surface area contributed by atoms with Gasteiger partial charge in [0.25, 0.3) is 0 Å². The molecule has 74 valence electrons. The number of benzene rings is 1. The van der Waals surface area contributed by atoms with Gasteiger partial charge < -0.3 is 5.32 Å². The van der Waals surface area contributed by atoms with Gasteiger partial charge in [0.15, 0.2) is 0 Å². The summed E-state index contributed by atoms with van der Waals surface area (Å²) < 4.78 is 0. The number of nitrogens with one attached hydrogen (secondary N) is 1. The van der Waals surface area contributed by atoms with Crippen LogP contribution in [0.5, 0.6) is 0 Å².